The lowest BCUT2D eigenvalue weighted by atomic mass is 10.1. The molecule has 0 N–H and O–H groups in total. The molecule has 0 aliphatic carbocycles. The van der Waals surface area contributed by atoms with Gasteiger partial charge in [0, 0.05) is 19.3 Å². The van der Waals surface area contributed by atoms with Crippen LogP contribution in [-0.2, 0) is 9.53 Å². The van der Waals surface area contributed by atoms with Crippen LogP contribution >= 0.6 is 0 Å². The lowest BCUT2D eigenvalue weighted by Gasteiger charge is -2.16. The van der Waals surface area contributed by atoms with Gasteiger partial charge in [-0.25, -0.2) is 4.98 Å². The summed E-state index contributed by atoms with van der Waals surface area (Å²) in [6.45, 7) is 1.58. The summed E-state index contributed by atoms with van der Waals surface area (Å²) in [5.41, 5.74) is 0. The highest BCUT2D eigenvalue weighted by molar-refractivity contribution is 5.74. The van der Waals surface area contributed by atoms with Crippen molar-refractivity contribution in [2.24, 2.45) is 5.92 Å². The Morgan fingerprint density at radius 3 is 3.13 bits per heavy atom. The highest BCUT2D eigenvalue weighted by atomic mass is 16.5. The lowest BCUT2D eigenvalue weighted by Crippen LogP contribution is -2.24. The van der Waals surface area contributed by atoms with Gasteiger partial charge in [0.05, 0.1) is 13.0 Å². The van der Waals surface area contributed by atoms with Gasteiger partial charge in [0.25, 0.3) is 0 Å². The first-order valence-corrected chi connectivity index (χ1v) is 5.05. The molecule has 0 spiro atoms. The number of methoxy groups -OCH3 is 1. The molecule has 2 rings (SSSR count). The maximum Gasteiger partial charge on any atom is 0.310 e. The summed E-state index contributed by atoms with van der Waals surface area (Å²) in [4.78, 5) is 17.7. The third-order valence-corrected chi connectivity index (χ3v) is 2.70. The first-order valence-electron chi connectivity index (χ1n) is 5.05. The van der Waals surface area contributed by atoms with Gasteiger partial charge in [0.1, 0.15) is 5.82 Å². The molecule has 1 aromatic rings. The van der Waals surface area contributed by atoms with Crippen LogP contribution < -0.4 is 4.90 Å². The zero-order valence-electron chi connectivity index (χ0n) is 8.72. The Labute approximate surface area is 88.9 Å². The van der Waals surface area contributed by atoms with Crippen molar-refractivity contribution in [2.75, 3.05) is 25.1 Å². The van der Waals surface area contributed by atoms with E-state index in [1.165, 1.54) is 7.11 Å². The minimum Gasteiger partial charge on any atom is -0.469 e. The summed E-state index contributed by atoms with van der Waals surface area (Å²) in [6, 6.07) is 5.80. The van der Waals surface area contributed by atoms with E-state index in [-0.39, 0.29) is 11.9 Å². The van der Waals surface area contributed by atoms with Crippen molar-refractivity contribution in [1.82, 2.24) is 4.98 Å². The summed E-state index contributed by atoms with van der Waals surface area (Å²) in [7, 11) is 1.44. The fourth-order valence-electron chi connectivity index (χ4n) is 1.87. The van der Waals surface area contributed by atoms with Crippen LogP contribution in [0, 0.1) is 5.92 Å². The van der Waals surface area contributed by atoms with E-state index in [0.29, 0.717) is 6.54 Å². The van der Waals surface area contributed by atoms with Crippen LogP contribution in [0.2, 0.25) is 0 Å². The SMILES string of the molecule is COC(=O)C1CCN(c2ccccn2)C1. The highest BCUT2D eigenvalue weighted by Crippen LogP contribution is 2.22. The third kappa shape index (κ3) is 2.09. The molecule has 15 heavy (non-hydrogen) atoms. The molecule has 80 valence electrons. The highest BCUT2D eigenvalue weighted by Gasteiger charge is 2.29. The number of ether oxygens (including phenoxy) is 1. The fourth-order valence-corrected chi connectivity index (χ4v) is 1.87. The standard InChI is InChI=1S/C11H14N2O2/c1-15-11(14)9-5-7-13(8-9)10-4-2-3-6-12-10/h2-4,6,9H,5,7-8H2,1H3. The molecule has 0 radical (unpaired) electrons. The molecule has 1 fully saturated rings. The smallest absolute Gasteiger partial charge is 0.310 e. The van der Waals surface area contributed by atoms with Gasteiger partial charge in [0.2, 0.25) is 0 Å². The van der Waals surface area contributed by atoms with Crippen molar-refractivity contribution in [3.8, 4) is 0 Å². The van der Waals surface area contributed by atoms with Crippen LogP contribution in [0.15, 0.2) is 24.4 Å². The van der Waals surface area contributed by atoms with Gasteiger partial charge in [-0.1, -0.05) is 6.07 Å². The Morgan fingerprint density at radius 1 is 1.60 bits per heavy atom. The van der Waals surface area contributed by atoms with E-state index in [0.717, 1.165) is 18.8 Å². The number of pyridine rings is 1. The summed E-state index contributed by atoms with van der Waals surface area (Å²) >= 11 is 0. The molecule has 4 heteroatoms. The maximum atomic E-state index is 11.3. The predicted octanol–water partition coefficient (Wildman–Crippen LogP) is 1.08. The molecule has 0 amide bonds. The zero-order valence-corrected chi connectivity index (χ0v) is 8.72. The van der Waals surface area contributed by atoms with E-state index >= 15 is 0 Å². The Hall–Kier alpha value is -1.58. The van der Waals surface area contributed by atoms with Crippen molar-refractivity contribution in [2.45, 2.75) is 6.42 Å². The number of esters is 1. The maximum absolute atomic E-state index is 11.3. The third-order valence-electron chi connectivity index (χ3n) is 2.70. The molecule has 1 aliphatic heterocycles. The number of hydrogen-bond donors (Lipinski definition) is 0. The Morgan fingerprint density at radius 2 is 2.47 bits per heavy atom. The van der Waals surface area contributed by atoms with Gasteiger partial charge in [-0.15, -0.1) is 0 Å². The lowest BCUT2D eigenvalue weighted by molar-refractivity contribution is -0.144. The Bertz CT molecular complexity index is 340. The van der Waals surface area contributed by atoms with Gasteiger partial charge in [0.15, 0.2) is 0 Å². The summed E-state index contributed by atoms with van der Waals surface area (Å²) < 4.78 is 4.73. The quantitative estimate of drug-likeness (QED) is 0.679. The Balaban J connectivity index is 2.02. The zero-order chi connectivity index (χ0) is 10.7. The normalized spacial score (nSPS) is 20.3. The molecular formula is C11H14N2O2. The topological polar surface area (TPSA) is 42.4 Å². The average Bonchev–Trinajstić information content (AvgIpc) is 2.78. The second-order valence-corrected chi connectivity index (χ2v) is 3.64. The van der Waals surface area contributed by atoms with Crippen LogP contribution in [0.4, 0.5) is 5.82 Å². The molecule has 1 aromatic heterocycles. The van der Waals surface area contributed by atoms with Crippen molar-refractivity contribution >= 4 is 11.8 Å². The number of nitrogens with zero attached hydrogens (tertiary/aromatic N) is 2. The first-order chi connectivity index (χ1) is 7.31. The monoisotopic (exact) mass is 206 g/mol. The fraction of sp³-hybridized carbons (Fsp3) is 0.455. The first kappa shape index (κ1) is 9.96. The molecule has 1 unspecified atom stereocenters. The molecule has 0 saturated carbocycles. The number of carbonyl (C=O) groups excluding carboxylic acids is 1. The Kier molecular flexibility index (Phi) is 2.85. The molecule has 4 nitrogen and oxygen atoms in total. The number of rotatable bonds is 2. The van der Waals surface area contributed by atoms with Crippen LogP contribution in [0.3, 0.4) is 0 Å². The van der Waals surface area contributed by atoms with Gasteiger partial charge < -0.3 is 9.64 Å². The predicted molar refractivity (Wildman–Crippen MR) is 56.6 cm³/mol. The van der Waals surface area contributed by atoms with Crippen molar-refractivity contribution in [3.05, 3.63) is 24.4 Å². The second-order valence-electron chi connectivity index (χ2n) is 3.64. The number of hydrogen-bond acceptors (Lipinski definition) is 4. The largest absolute Gasteiger partial charge is 0.469 e. The van der Waals surface area contributed by atoms with Crippen molar-refractivity contribution in [3.63, 3.8) is 0 Å². The van der Waals surface area contributed by atoms with Crippen molar-refractivity contribution in [1.29, 1.82) is 0 Å². The number of anilines is 1. The van der Waals surface area contributed by atoms with Gasteiger partial charge in [-0.05, 0) is 18.6 Å². The minimum absolute atomic E-state index is 0.00277. The van der Waals surface area contributed by atoms with Gasteiger partial charge in [-0.2, -0.15) is 0 Å². The van der Waals surface area contributed by atoms with Crippen LogP contribution in [0.5, 0.6) is 0 Å². The molecule has 0 bridgehead atoms. The molecule has 1 aliphatic rings. The molecule has 0 aromatic carbocycles. The van der Waals surface area contributed by atoms with E-state index in [1.807, 2.05) is 18.2 Å². The summed E-state index contributed by atoms with van der Waals surface area (Å²) in [6.07, 6.45) is 2.62. The number of aromatic nitrogens is 1. The van der Waals surface area contributed by atoms with Crippen LogP contribution in [-0.4, -0.2) is 31.2 Å². The molecule has 1 saturated heterocycles. The second kappa shape index (κ2) is 4.29. The van der Waals surface area contributed by atoms with E-state index < -0.39 is 0 Å². The van der Waals surface area contributed by atoms with Gasteiger partial charge >= 0.3 is 5.97 Å². The number of carbonyl (C=O) groups is 1. The van der Waals surface area contributed by atoms with E-state index in [4.69, 9.17) is 4.74 Å². The van der Waals surface area contributed by atoms with Crippen LogP contribution in [0.25, 0.3) is 0 Å². The van der Waals surface area contributed by atoms with Crippen LogP contribution in [0.1, 0.15) is 6.42 Å². The molecular weight excluding hydrogens is 192 g/mol. The molecule has 2 heterocycles. The minimum atomic E-state index is -0.117. The average molecular weight is 206 g/mol. The van der Waals surface area contributed by atoms with E-state index in [2.05, 4.69) is 9.88 Å². The van der Waals surface area contributed by atoms with Gasteiger partial charge in [-0.3, -0.25) is 4.79 Å². The van der Waals surface area contributed by atoms with Crippen molar-refractivity contribution < 1.29 is 9.53 Å². The summed E-state index contributed by atoms with van der Waals surface area (Å²) in [5.74, 6) is 0.814. The molecule has 1 atom stereocenters. The van der Waals surface area contributed by atoms with E-state index in [1.54, 1.807) is 6.20 Å². The van der Waals surface area contributed by atoms with E-state index in [9.17, 15) is 4.79 Å². The summed E-state index contributed by atoms with van der Waals surface area (Å²) in [5, 5.41) is 0.